The maximum atomic E-state index is 10.2. The highest BCUT2D eigenvalue weighted by Gasteiger charge is 2.27. The molecular formula is C23H46N6O14. The largest absolute Gasteiger partial charge is 0.480 e. The van der Waals surface area contributed by atoms with E-state index in [-0.39, 0.29) is 25.2 Å². The Labute approximate surface area is 247 Å². The van der Waals surface area contributed by atoms with Gasteiger partial charge in [0, 0.05) is 13.0 Å². The lowest BCUT2D eigenvalue weighted by Crippen LogP contribution is -2.39. The summed E-state index contributed by atoms with van der Waals surface area (Å²) in [6, 6.07) is -2.24. The van der Waals surface area contributed by atoms with Gasteiger partial charge in [0.2, 0.25) is 0 Å². The zero-order valence-electron chi connectivity index (χ0n) is 23.8. The molecule has 17 N–H and O–H groups in total. The summed E-state index contributed by atoms with van der Waals surface area (Å²) in [5, 5.41) is 74.0. The topological polar surface area (TPSA) is 378 Å². The van der Waals surface area contributed by atoms with Gasteiger partial charge in [0.05, 0.1) is 25.3 Å². The summed E-state index contributed by atoms with van der Waals surface area (Å²) in [6.07, 6.45) is 2.44. The maximum Gasteiger partial charge on any atom is 0.323 e. The molecule has 43 heavy (non-hydrogen) atoms. The van der Waals surface area contributed by atoms with E-state index < -0.39 is 60.1 Å². The molecule has 3 aliphatic rings. The molecule has 3 rings (SSSR count). The van der Waals surface area contributed by atoms with Crippen LogP contribution in [0.4, 0.5) is 0 Å². The van der Waals surface area contributed by atoms with Crippen molar-refractivity contribution in [2.24, 2.45) is 17.2 Å². The van der Waals surface area contributed by atoms with Gasteiger partial charge in [-0.25, -0.2) is 0 Å². The fourth-order valence-electron chi connectivity index (χ4n) is 2.90. The average molecular weight is 631 g/mol. The third-order valence-electron chi connectivity index (χ3n) is 5.28. The standard InChI is InChI=1S/C5H9NO3.2C5H9NO2.C4H9NO3.2C2H5NO2/c7-3-1-4(5(8)9)6-2-3;2*7-5(8)4-2-1-3-6-4;1-2(6)3(5)4(7)8;2*3-1-2(4)5/h3-4,6-7H,1-2H2,(H,8,9);2*4,6H,1-3H2,(H,7,8);2-3,6H,5H2,1H3,(H,7,8);2*1,3H2,(H,4,5)/t3-,4+;2*4-;2-,3+;;/m1001../s1. The van der Waals surface area contributed by atoms with E-state index in [2.05, 4.69) is 27.4 Å². The van der Waals surface area contributed by atoms with E-state index in [4.69, 9.17) is 46.6 Å². The number of nitrogens with two attached hydrogens (primary N) is 3. The highest BCUT2D eigenvalue weighted by molar-refractivity contribution is 5.75. The van der Waals surface area contributed by atoms with Crippen LogP contribution in [0.15, 0.2) is 0 Å². The summed E-state index contributed by atoms with van der Waals surface area (Å²) in [5.74, 6) is -5.44. The highest BCUT2D eigenvalue weighted by atomic mass is 16.4. The van der Waals surface area contributed by atoms with Gasteiger partial charge in [0.1, 0.15) is 24.2 Å². The normalized spacial score (nSPS) is 22.7. The van der Waals surface area contributed by atoms with Crippen molar-refractivity contribution in [1.82, 2.24) is 16.0 Å². The van der Waals surface area contributed by atoms with E-state index in [1.54, 1.807) is 0 Å². The molecular weight excluding hydrogens is 584 g/mol. The van der Waals surface area contributed by atoms with Crippen LogP contribution in [0.3, 0.4) is 0 Å². The van der Waals surface area contributed by atoms with E-state index in [1.165, 1.54) is 6.92 Å². The Balaban J connectivity index is -0.000000453. The van der Waals surface area contributed by atoms with Crippen LogP contribution in [-0.2, 0) is 28.8 Å². The van der Waals surface area contributed by atoms with Crippen molar-refractivity contribution in [2.45, 2.75) is 75.4 Å². The smallest absolute Gasteiger partial charge is 0.323 e. The molecule has 0 aromatic carbocycles. The molecule has 0 unspecified atom stereocenters. The van der Waals surface area contributed by atoms with E-state index in [1.807, 2.05) is 0 Å². The summed E-state index contributed by atoms with van der Waals surface area (Å²) >= 11 is 0. The minimum Gasteiger partial charge on any atom is -0.480 e. The molecule has 0 spiro atoms. The molecule has 0 saturated carbocycles. The van der Waals surface area contributed by atoms with E-state index in [0.717, 1.165) is 38.8 Å². The first-order valence-electron chi connectivity index (χ1n) is 13.0. The van der Waals surface area contributed by atoms with Crippen LogP contribution in [0.25, 0.3) is 0 Å². The van der Waals surface area contributed by atoms with Crippen molar-refractivity contribution in [1.29, 1.82) is 0 Å². The second-order valence-corrected chi connectivity index (χ2v) is 8.96. The number of carboxylic acid groups (broad SMARTS) is 6. The third-order valence-corrected chi connectivity index (χ3v) is 5.28. The highest BCUT2D eigenvalue weighted by Crippen LogP contribution is 2.05. The fourth-order valence-corrected chi connectivity index (χ4v) is 2.90. The Morgan fingerprint density at radius 1 is 0.721 bits per heavy atom. The molecule has 3 saturated heterocycles. The zero-order chi connectivity index (χ0) is 34.1. The van der Waals surface area contributed by atoms with Crippen LogP contribution < -0.4 is 33.2 Å². The van der Waals surface area contributed by atoms with Crippen LogP contribution in [0, 0.1) is 0 Å². The van der Waals surface area contributed by atoms with E-state index in [9.17, 15) is 28.8 Å². The molecule has 20 heteroatoms. The van der Waals surface area contributed by atoms with Crippen LogP contribution in [-0.4, -0.2) is 146 Å². The number of hydrogen-bond donors (Lipinski definition) is 14. The molecule has 0 amide bonds. The molecule has 0 aliphatic carbocycles. The van der Waals surface area contributed by atoms with Crippen LogP contribution >= 0.6 is 0 Å². The predicted molar refractivity (Wildman–Crippen MR) is 148 cm³/mol. The molecule has 3 heterocycles. The van der Waals surface area contributed by atoms with Crippen molar-refractivity contribution in [2.75, 3.05) is 32.7 Å². The lowest BCUT2D eigenvalue weighted by Gasteiger charge is -2.06. The number of aliphatic carboxylic acids is 6. The van der Waals surface area contributed by atoms with Crippen molar-refractivity contribution in [3.63, 3.8) is 0 Å². The van der Waals surface area contributed by atoms with Crippen molar-refractivity contribution >= 4 is 35.8 Å². The van der Waals surface area contributed by atoms with Crippen molar-refractivity contribution in [3.8, 4) is 0 Å². The van der Waals surface area contributed by atoms with Gasteiger partial charge in [0.15, 0.2) is 0 Å². The van der Waals surface area contributed by atoms with Gasteiger partial charge < -0.3 is 74.0 Å². The van der Waals surface area contributed by atoms with Gasteiger partial charge in [-0.15, -0.1) is 0 Å². The van der Waals surface area contributed by atoms with Crippen LogP contribution in [0.5, 0.6) is 0 Å². The summed E-state index contributed by atoms with van der Waals surface area (Å²) in [6.45, 7) is 2.89. The zero-order valence-corrected chi connectivity index (χ0v) is 23.8. The Kier molecular flexibility index (Phi) is 26.7. The summed E-state index contributed by atoms with van der Waals surface area (Å²) < 4.78 is 0. The summed E-state index contributed by atoms with van der Waals surface area (Å²) in [4.78, 5) is 58.8. The molecule has 0 bridgehead atoms. The SMILES string of the molecule is C[C@@H](O)[C@H](N)C(=O)O.NCC(=O)O.NCC(=O)O.O=C(O)[C@@H]1CCCN1.O=C(O)[C@@H]1CCCN1.O=C(O)[C@@H]1C[C@@H](O)CN1. The van der Waals surface area contributed by atoms with Crippen LogP contribution in [0.1, 0.15) is 39.0 Å². The quantitative estimate of drug-likeness (QED) is 0.125. The number of aliphatic hydroxyl groups excluding tert-OH is 2. The molecule has 6 atom stereocenters. The summed E-state index contributed by atoms with van der Waals surface area (Å²) in [7, 11) is 0. The third kappa shape index (κ3) is 27.1. The van der Waals surface area contributed by atoms with Crippen molar-refractivity contribution in [3.05, 3.63) is 0 Å². The minimum absolute atomic E-state index is 0.269. The molecule has 0 aromatic rings. The Morgan fingerprint density at radius 2 is 1.07 bits per heavy atom. The van der Waals surface area contributed by atoms with Gasteiger partial charge in [-0.05, 0) is 45.7 Å². The molecule has 3 fully saturated rings. The van der Waals surface area contributed by atoms with Gasteiger partial charge in [-0.2, -0.15) is 0 Å². The number of rotatable bonds is 7. The molecule has 0 aromatic heterocycles. The number of β-amino-alcohol motifs (C(OH)–C–C–N with tert-alkyl or cyclic N) is 1. The number of nitrogens with one attached hydrogen (secondary N) is 3. The van der Waals surface area contributed by atoms with Gasteiger partial charge >= 0.3 is 35.8 Å². The Hall–Kier alpha value is -3.50. The number of hydrogen-bond acceptors (Lipinski definition) is 14. The molecule has 20 nitrogen and oxygen atoms in total. The first-order valence-corrected chi connectivity index (χ1v) is 13.0. The molecule has 3 aliphatic heterocycles. The fraction of sp³-hybridized carbons (Fsp3) is 0.739. The molecule has 252 valence electrons. The second-order valence-electron chi connectivity index (χ2n) is 8.96. The predicted octanol–water partition coefficient (Wildman–Crippen LogP) is -4.72. The van der Waals surface area contributed by atoms with Crippen molar-refractivity contribution < 1.29 is 69.6 Å². The Morgan fingerprint density at radius 3 is 1.16 bits per heavy atom. The lowest BCUT2D eigenvalue weighted by atomic mass is 10.2. The van der Waals surface area contributed by atoms with E-state index >= 15 is 0 Å². The average Bonchev–Trinajstić information content (AvgIpc) is 3.73. The van der Waals surface area contributed by atoms with E-state index in [0.29, 0.717) is 13.0 Å². The second kappa shape index (κ2) is 26.2. The lowest BCUT2D eigenvalue weighted by molar-refractivity contribution is -0.141. The first kappa shape index (κ1) is 43.9. The number of carboxylic acids is 6. The number of aliphatic hydroxyl groups is 2. The van der Waals surface area contributed by atoms with Crippen LogP contribution in [0.2, 0.25) is 0 Å². The first-order chi connectivity index (χ1) is 19.9. The van der Waals surface area contributed by atoms with Gasteiger partial charge in [-0.3, -0.25) is 28.8 Å². The van der Waals surface area contributed by atoms with Gasteiger partial charge in [-0.1, -0.05) is 0 Å². The monoisotopic (exact) mass is 630 g/mol. The maximum absolute atomic E-state index is 10.2. The summed E-state index contributed by atoms with van der Waals surface area (Å²) in [5.41, 5.74) is 14.1. The number of carbonyl (C=O) groups is 6. The minimum atomic E-state index is -1.18. The molecule has 0 radical (unpaired) electrons. The Bertz CT molecular complexity index is 779. The van der Waals surface area contributed by atoms with Gasteiger partial charge in [0.25, 0.3) is 0 Å².